The van der Waals surface area contributed by atoms with Gasteiger partial charge in [-0.2, -0.15) is 0 Å². The fourth-order valence-electron chi connectivity index (χ4n) is 2.32. The minimum absolute atomic E-state index is 0.208. The molecule has 1 saturated heterocycles. The topological polar surface area (TPSA) is 41.6 Å². The number of carbonyl (C=O) groups is 1. The van der Waals surface area contributed by atoms with Crippen molar-refractivity contribution in [2.45, 2.75) is 51.8 Å². The van der Waals surface area contributed by atoms with Gasteiger partial charge in [-0.1, -0.05) is 11.6 Å². The summed E-state index contributed by atoms with van der Waals surface area (Å²) < 4.78 is 7.15. The zero-order valence-electron chi connectivity index (χ0n) is 13.1. The number of nitrogens with one attached hydrogen (secondary N) is 1. The van der Waals surface area contributed by atoms with Crippen LogP contribution in [0.3, 0.4) is 0 Å². The van der Waals surface area contributed by atoms with Crippen molar-refractivity contribution in [2.24, 2.45) is 0 Å². The van der Waals surface area contributed by atoms with Crippen LogP contribution < -0.4 is 5.32 Å². The number of carbonyl (C=O) groups excluding carboxylic acids is 1. The lowest BCUT2D eigenvalue weighted by molar-refractivity contribution is 0.0198. The Morgan fingerprint density at radius 2 is 2.14 bits per heavy atom. The minimum Gasteiger partial charge on any atom is -0.444 e. The Kier molecular flexibility index (Phi) is 6.16. The van der Waals surface area contributed by atoms with E-state index in [0.717, 1.165) is 41.3 Å². The molecular formula is C15H22BrClN2O2S. The van der Waals surface area contributed by atoms with E-state index in [1.165, 1.54) is 4.88 Å². The minimum atomic E-state index is -0.433. The van der Waals surface area contributed by atoms with Gasteiger partial charge in [0.25, 0.3) is 0 Å². The molecule has 1 aromatic rings. The standard InChI is InChI=1S/C15H22BrClN2O2S/c1-15(2,3)21-14(20)19-6-4-10(5-7-19)18-9-11-8-12(16)13(17)22-11/h8,10,18H,4-7,9H2,1-3H3. The highest BCUT2D eigenvalue weighted by Gasteiger charge is 2.26. The molecule has 0 aromatic carbocycles. The number of piperidine rings is 1. The molecular weight excluding hydrogens is 388 g/mol. The van der Waals surface area contributed by atoms with E-state index >= 15 is 0 Å². The number of hydrogen-bond acceptors (Lipinski definition) is 4. The van der Waals surface area contributed by atoms with E-state index in [4.69, 9.17) is 16.3 Å². The van der Waals surface area contributed by atoms with Crippen molar-refractivity contribution < 1.29 is 9.53 Å². The highest BCUT2D eigenvalue weighted by atomic mass is 79.9. The molecule has 1 aromatic heterocycles. The maximum Gasteiger partial charge on any atom is 0.410 e. The summed E-state index contributed by atoms with van der Waals surface area (Å²) in [6.45, 7) is 7.96. The Morgan fingerprint density at radius 1 is 1.50 bits per heavy atom. The number of halogens is 2. The predicted molar refractivity (Wildman–Crippen MR) is 94.7 cm³/mol. The molecule has 0 radical (unpaired) electrons. The maximum absolute atomic E-state index is 12.0. The molecule has 0 saturated carbocycles. The molecule has 1 amide bonds. The summed E-state index contributed by atoms with van der Waals surface area (Å²) in [5, 5.41) is 3.54. The smallest absolute Gasteiger partial charge is 0.410 e. The van der Waals surface area contributed by atoms with Crippen LogP contribution in [0.1, 0.15) is 38.5 Å². The first-order valence-corrected chi connectivity index (χ1v) is 9.38. The van der Waals surface area contributed by atoms with Gasteiger partial charge in [0, 0.05) is 35.0 Å². The molecule has 2 rings (SSSR count). The third-order valence-corrected chi connectivity index (χ3v) is 5.88. The first kappa shape index (κ1) is 18.0. The van der Waals surface area contributed by atoms with E-state index in [1.807, 2.05) is 20.8 Å². The molecule has 22 heavy (non-hydrogen) atoms. The SMILES string of the molecule is CC(C)(C)OC(=O)N1CCC(NCc2cc(Br)c(Cl)s2)CC1. The number of thiophene rings is 1. The number of hydrogen-bond donors (Lipinski definition) is 1. The van der Waals surface area contributed by atoms with Crippen molar-refractivity contribution in [3.63, 3.8) is 0 Å². The summed E-state index contributed by atoms with van der Waals surface area (Å²) in [4.78, 5) is 15.0. The second-order valence-corrected chi connectivity index (χ2v) is 9.05. The van der Waals surface area contributed by atoms with Crippen molar-refractivity contribution in [2.75, 3.05) is 13.1 Å². The number of rotatable bonds is 3. The van der Waals surface area contributed by atoms with Gasteiger partial charge in [-0.05, 0) is 55.6 Å². The molecule has 0 aliphatic carbocycles. The second-order valence-electron chi connectivity index (χ2n) is 6.46. The van der Waals surface area contributed by atoms with Gasteiger partial charge in [-0.25, -0.2) is 4.79 Å². The molecule has 0 atom stereocenters. The van der Waals surface area contributed by atoms with Crippen LogP contribution in [0.2, 0.25) is 4.34 Å². The third-order valence-electron chi connectivity index (χ3n) is 3.41. The van der Waals surface area contributed by atoms with Crippen LogP contribution in [-0.2, 0) is 11.3 Å². The van der Waals surface area contributed by atoms with Gasteiger partial charge in [-0.3, -0.25) is 0 Å². The lowest BCUT2D eigenvalue weighted by atomic mass is 10.1. The van der Waals surface area contributed by atoms with Gasteiger partial charge in [0.1, 0.15) is 9.94 Å². The molecule has 0 spiro atoms. The summed E-state index contributed by atoms with van der Waals surface area (Å²) >= 11 is 11.1. The van der Waals surface area contributed by atoms with Crippen molar-refractivity contribution >= 4 is 45.0 Å². The van der Waals surface area contributed by atoms with Crippen molar-refractivity contribution in [3.05, 3.63) is 19.8 Å². The van der Waals surface area contributed by atoms with Crippen LogP contribution in [0, 0.1) is 0 Å². The average Bonchev–Trinajstić information content (AvgIpc) is 2.74. The van der Waals surface area contributed by atoms with Gasteiger partial charge >= 0.3 is 6.09 Å². The number of ether oxygens (including phenoxy) is 1. The van der Waals surface area contributed by atoms with E-state index in [-0.39, 0.29) is 6.09 Å². The molecule has 1 fully saturated rings. The average molecular weight is 410 g/mol. The molecule has 2 heterocycles. The summed E-state index contributed by atoms with van der Waals surface area (Å²) in [6, 6.07) is 2.48. The largest absolute Gasteiger partial charge is 0.444 e. The Hall–Kier alpha value is -0.300. The van der Waals surface area contributed by atoms with Crippen LogP contribution in [-0.4, -0.2) is 35.7 Å². The summed E-state index contributed by atoms with van der Waals surface area (Å²) in [5.74, 6) is 0. The van der Waals surface area contributed by atoms with E-state index in [0.29, 0.717) is 6.04 Å². The number of amides is 1. The zero-order chi connectivity index (χ0) is 16.3. The van der Waals surface area contributed by atoms with Crippen molar-refractivity contribution in [3.8, 4) is 0 Å². The maximum atomic E-state index is 12.0. The van der Waals surface area contributed by atoms with Crippen LogP contribution in [0.5, 0.6) is 0 Å². The Morgan fingerprint density at radius 3 is 2.64 bits per heavy atom. The van der Waals surface area contributed by atoms with Crippen LogP contribution in [0.15, 0.2) is 10.5 Å². The van der Waals surface area contributed by atoms with Gasteiger partial charge in [0.15, 0.2) is 0 Å². The molecule has 4 nitrogen and oxygen atoms in total. The van der Waals surface area contributed by atoms with Gasteiger partial charge in [0.2, 0.25) is 0 Å². The predicted octanol–water partition coefficient (Wildman–Crippen LogP) is 4.65. The first-order chi connectivity index (χ1) is 10.2. The second kappa shape index (κ2) is 7.51. The van der Waals surface area contributed by atoms with E-state index in [2.05, 4.69) is 27.3 Å². The highest BCUT2D eigenvalue weighted by Crippen LogP contribution is 2.32. The molecule has 124 valence electrons. The Bertz CT molecular complexity index is 503. The van der Waals surface area contributed by atoms with Crippen molar-refractivity contribution in [1.29, 1.82) is 0 Å². The van der Waals surface area contributed by atoms with Gasteiger partial charge in [-0.15, -0.1) is 11.3 Å². The van der Waals surface area contributed by atoms with Gasteiger partial charge < -0.3 is 15.0 Å². The molecule has 7 heteroatoms. The van der Waals surface area contributed by atoms with Crippen LogP contribution in [0.25, 0.3) is 0 Å². The quantitative estimate of drug-likeness (QED) is 0.790. The monoisotopic (exact) mass is 408 g/mol. The van der Waals surface area contributed by atoms with Crippen LogP contribution >= 0.6 is 38.9 Å². The third kappa shape index (κ3) is 5.41. The normalized spacial score (nSPS) is 16.9. The highest BCUT2D eigenvalue weighted by molar-refractivity contribution is 9.10. The van der Waals surface area contributed by atoms with E-state index < -0.39 is 5.60 Å². The fraction of sp³-hybridized carbons (Fsp3) is 0.667. The fourth-order valence-corrected chi connectivity index (χ4v) is 4.06. The van der Waals surface area contributed by atoms with Crippen LogP contribution in [0.4, 0.5) is 4.79 Å². The summed E-state index contributed by atoms with van der Waals surface area (Å²) in [5.41, 5.74) is -0.433. The summed E-state index contributed by atoms with van der Waals surface area (Å²) in [7, 11) is 0. The van der Waals surface area contributed by atoms with Crippen molar-refractivity contribution in [1.82, 2.24) is 10.2 Å². The summed E-state index contributed by atoms with van der Waals surface area (Å²) in [6.07, 6.45) is 1.68. The molecule has 1 aliphatic heterocycles. The molecule has 1 aliphatic rings. The zero-order valence-corrected chi connectivity index (χ0v) is 16.3. The number of nitrogens with zero attached hydrogens (tertiary/aromatic N) is 1. The van der Waals surface area contributed by atoms with E-state index in [1.54, 1.807) is 16.2 Å². The lowest BCUT2D eigenvalue weighted by Gasteiger charge is -2.33. The Balaban J connectivity index is 1.74. The molecule has 0 bridgehead atoms. The first-order valence-electron chi connectivity index (χ1n) is 7.39. The molecule has 0 unspecified atom stereocenters. The van der Waals surface area contributed by atoms with E-state index in [9.17, 15) is 4.79 Å². The number of likely N-dealkylation sites (tertiary alicyclic amines) is 1. The lowest BCUT2D eigenvalue weighted by Crippen LogP contribution is -2.46. The van der Waals surface area contributed by atoms with Gasteiger partial charge in [0.05, 0.1) is 0 Å². The Labute approximate surface area is 149 Å². The molecule has 1 N–H and O–H groups in total.